The number of fused-ring (bicyclic) bond motifs is 1. The highest BCUT2D eigenvalue weighted by Crippen LogP contribution is 2.42. The lowest BCUT2D eigenvalue weighted by Gasteiger charge is -2.40. The third-order valence-electron chi connectivity index (χ3n) is 4.22. The number of ether oxygens (including phenoxy) is 2. The third-order valence-corrected chi connectivity index (χ3v) is 4.22. The summed E-state index contributed by atoms with van der Waals surface area (Å²) in [7, 11) is 1.24. The molecule has 2 rings (SSSR count). The van der Waals surface area contributed by atoms with Crippen molar-refractivity contribution in [3.8, 4) is 0 Å². The molecule has 2 N–H and O–H groups in total. The average molecular weight is 271 g/mol. The van der Waals surface area contributed by atoms with E-state index in [1.807, 2.05) is 6.92 Å². The lowest BCUT2D eigenvalue weighted by Crippen LogP contribution is -2.52. The fourth-order valence-corrected chi connectivity index (χ4v) is 3.45. The molecule has 108 valence electrons. The highest BCUT2D eigenvalue weighted by Gasteiger charge is 2.46. The Hall–Kier alpha value is -1.30. The van der Waals surface area contributed by atoms with E-state index in [-0.39, 0.29) is 24.0 Å². The first-order valence-corrected chi connectivity index (χ1v) is 6.75. The molecule has 0 radical (unpaired) electrons. The van der Waals surface area contributed by atoms with Gasteiger partial charge in [0.25, 0.3) is 0 Å². The third kappa shape index (κ3) is 3.00. The van der Waals surface area contributed by atoms with E-state index in [1.54, 1.807) is 0 Å². The molecule has 1 saturated heterocycles. The summed E-state index contributed by atoms with van der Waals surface area (Å²) >= 11 is 0. The number of amides is 1. The Morgan fingerprint density at radius 3 is 2.79 bits per heavy atom. The van der Waals surface area contributed by atoms with Crippen molar-refractivity contribution in [3.63, 3.8) is 0 Å². The number of aliphatic carboxylic acids is 1. The van der Waals surface area contributed by atoms with E-state index in [2.05, 4.69) is 10.1 Å². The Balaban J connectivity index is 2.14. The molecule has 0 spiro atoms. The summed E-state index contributed by atoms with van der Waals surface area (Å²) in [5.41, 5.74) is 0. The summed E-state index contributed by atoms with van der Waals surface area (Å²) in [6, 6.07) is -0.899. The van der Waals surface area contributed by atoms with E-state index in [9.17, 15) is 14.7 Å². The maximum absolute atomic E-state index is 11.4. The molecule has 0 aromatic rings. The summed E-state index contributed by atoms with van der Waals surface area (Å²) in [5, 5.41) is 11.8. The van der Waals surface area contributed by atoms with E-state index >= 15 is 0 Å². The summed E-state index contributed by atoms with van der Waals surface area (Å²) in [6.45, 7) is 1.96. The topological polar surface area (TPSA) is 84.9 Å². The molecule has 0 aromatic carbocycles. The van der Waals surface area contributed by atoms with Crippen molar-refractivity contribution in [2.24, 2.45) is 11.8 Å². The van der Waals surface area contributed by atoms with E-state index in [4.69, 9.17) is 4.74 Å². The first kappa shape index (κ1) is 14.1. The van der Waals surface area contributed by atoms with Crippen molar-refractivity contribution in [1.29, 1.82) is 0 Å². The molecule has 1 amide bonds. The van der Waals surface area contributed by atoms with Gasteiger partial charge in [-0.15, -0.1) is 0 Å². The van der Waals surface area contributed by atoms with Crippen molar-refractivity contribution in [3.05, 3.63) is 0 Å². The Morgan fingerprint density at radius 2 is 2.16 bits per heavy atom. The molecule has 0 aromatic heterocycles. The molecular formula is C13H21NO5. The largest absolute Gasteiger partial charge is 0.480 e. The van der Waals surface area contributed by atoms with Crippen molar-refractivity contribution >= 4 is 12.1 Å². The summed E-state index contributed by atoms with van der Waals surface area (Å²) < 4.78 is 10.4. The number of carboxylic acid groups (broad SMARTS) is 1. The van der Waals surface area contributed by atoms with Crippen molar-refractivity contribution in [2.75, 3.05) is 7.11 Å². The van der Waals surface area contributed by atoms with Crippen LogP contribution in [0.4, 0.5) is 4.79 Å². The Morgan fingerprint density at radius 1 is 1.42 bits per heavy atom. The molecule has 1 saturated carbocycles. The van der Waals surface area contributed by atoms with Crippen molar-refractivity contribution in [2.45, 2.75) is 50.9 Å². The van der Waals surface area contributed by atoms with Crippen LogP contribution in [0.2, 0.25) is 0 Å². The molecule has 1 aliphatic carbocycles. The number of methoxy groups -OCH3 is 1. The number of nitrogens with one attached hydrogen (secondary N) is 1. The van der Waals surface area contributed by atoms with Crippen molar-refractivity contribution in [1.82, 2.24) is 5.32 Å². The highest BCUT2D eigenvalue weighted by atomic mass is 16.5. The lowest BCUT2D eigenvalue weighted by molar-refractivity contribution is -0.146. The standard InChI is InChI=1S/C13H21NO5/c1-7-6-9(8-4-3-5-10(8)19-7)11(12(15)16)14-13(17)18-2/h7-11H,3-6H2,1-2H3,(H,14,17)(H,15,16). The van der Waals surface area contributed by atoms with Crippen LogP contribution < -0.4 is 5.32 Å². The monoisotopic (exact) mass is 271 g/mol. The zero-order valence-electron chi connectivity index (χ0n) is 11.3. The maximum Gasteiger partial charge on any atom is 0.407 e. The van der Waals surface area contributed by atoms with Gasteiger partial charge in [0, 0.05) is 0 Å². The molecule has 5 unspecified atom stereocenters. The predicted molar refractivity (Wildman–Crippen MR) is 66.7 cm³/mol. The number of hydrogen-bond donors (Lipinski definition) is 2. The quantitative estimate of drug-likeness (QED) is 0.810. The molecular weight excluding hydrogens is 250 g/mol. The number of carbonyl (C=O) groups excluding carboxylic acids is 1. The van der Waals surface area contributed by atoms with Gasteiger partial charge in [-0.2, -0.15) is 0 Å². The van der Waals surface area contributed by atoms with Crippen LogP contribution in [-0.4, -0.2) is 42.5 Å². The van der Waals surface area contributed by atoms with E-state index in [0.29, 0.717) is 6.42 Å². The minimum Gasteiger partial charge on any atom is -0.480 e. The molecule has 6 nitrogen and oxygen atoms in total. The van der Waals surface area contributed by atoms with Crippen LogP contribution in [0, 0.1) is 11.8 Å². The fourth-order valence-electron chi connectivity index (χ4n) is 3.45. The number of carboxylic acids is 1. The average Bonchev–Trinajstić information content (AvgIpc) is 2.82. The second-order valence-electron chi connectivity index (χ2n) is 5.43. The zero-order valence-corrected chi connectivity index (χ0v) is 11.3. The van der Waals surface area contributed by atoms with Gasteiger partial charge < -0.3 is 19.9 Å². The van der Waals surface area contributed by atoms with Crippen LogP contribution >= 0.6 is 0 Å². The second kappa shape index (κ2) is 5.77. The number of alkyl carbamates (subject to hydrolysis) is 1. The predicted octanol–water partition coefficient (Wildman–Crippen LogP) is 1.39. The molecule has 1 aliphatic heterocycles. The first-order valence-electron chi connectivity index (χ1n) is 6.75. The van der Waals surface area contributed by atoms with E-state index in [0.717, 1.165) is 19.3 Å². The van der Waals surface area contributed by atoms with Gasteiger partial charge >= 0.3 is 12.1 Å². The van der Waals surface area contributed by atoms with Gasteiger partial charge in [0.1, 0.15) is 6.04 Å². The normalized spacial score (nSPS) is 35.3. The van der Waals surface area contributed by atoms with Gasteiger partial charge in [-0.05, 0) is 38.0 Å². The van der Waals surface area contributed by atoms with Crippen LogP contribution in [0.3, 0.4) is 0 Å². The van der Waals surface area contributed by atoms with Gasteiger partial charge in [0.15, 0.2) is 0 Å². The van der Waals surface area contributed by atoms with Crippen molar-refractivity contribution < 1.29 is 24.2 Å². The highest BCUT2D eigenvalue weighted by molar-refractivity contribution is 5.80. The maximum atomic E-state index is 11.4. The second-order valence-corrected chi connectivity index (χ2v) is 5.43. The number of carbonyl (C=O) groups is 2. The SMILES string of the molecule is COC(=O)NC(C(=O)O)C1CC(C)OC2CCCC21. The lowest BCUT2D eigenvalue weighted by atomic mass is 9.78. The molecule has 5 atom stereocenters. The Kier molecular flexibility index (Phi) is 4.29. The number of rotatable bonds is 3. The van der Waals surface area contributed by atoms with Gasteiger partial charge in [0.05, 0.1) is 19.3 Å². The molecule has 6 heteroatoms. The summed E-state index contributed by atoms with van der Waals surface area (Å²) in [6.07, 6.45) is 3.14. The Labute approximate surface area is 112 Å². The summed E-state index contributed by atoms with van der Waals surface area (Å²) in [5.74, 6) is -0.877. The van der Waals surface area contributed by atoms with Crippen LogP contribution in [-0.2, 0) is 14.3 Å². The van der Waals surface area contributed by atoms with Gasteiger partial charge in [-0.25, -0.2) is 9.59 Å². The number of hydrogen-bond acceptors (Lipinski definition) is 4. The van der Waals surface area contributed by atoms with Crippen LogP contribution in [0.1, 0.15) is 32.6 Å². The minimum absolute atomic E-state index is 0.0330. The van der Waals surface area contributed by atoms with E-state index in [1.165, 1.54) is 7.11 Å². The van der Waals surface area contributed by atoms with Crippen LogP contribution in [0.25, 0.3) is 0 Å². The van der Waals surface area contributed by atoms with Crippen LogP contribution in [0.5, 0.6) is 0 Å². The van der Waals surface area contributed by atoms with Crippen LogP contribution in [0.15, 0.2) is 0 Å². The molecule has 19 heavy (non-hydrogen) atoms. The van der Waals surface area contributed by atoms with Gasteiger partial charge in [0.2, 0.25) is 0 Å². The van der Waals surface area contributed by atoms with Gasteiger partial charge in [-0.1, -0.05) is 6.42 Å². The Bertz CT molecular complexity index is 359. The van der Waals surface area contributed by atoms with Gasteiger partial charge in [-0.3, -0.25) is 0 Å². The molecule has 2 aliphatic rings. The zero-order chi connectivity index (χ0) is 14.0. The molecule has 2 fully saturated rings. The molecule has 1 heterocycles. The minimum atomic E-state index is -1.00. The summed E-state index contributed by atoms with van der Waals surface area (Å²) in [4.78, 5) is 22.7. The first-order chi connectivity index (χ1) is 9.02. The van der Waals surface area contributed by atoms with E-state index < -0.39 is 18.1 Å². The molecule has 0 bridgehead atoms. The smallest absolute Gasteiger partial charge is 0.407 e. The fraction of sp³-hybridized carbons (Fsp3) is 0.846.